The van der Waals surface area contributed by atoms with Crippen molar-refractivity contribution in [3.63, 3.8) is 0 Å². The topological polar surface area (TPSA) is 32.8 Å². The molecule has 1 heterocycles. The average molecular weight is 399 g/mol. The van der Waals surface area contributed by atoms with E-state index < -0.39 is 0 Å². The minimum absolute atomic E-state index is 0.286. The Morgan fingerprint density at radius 2 is 1.93 bits per heavy atom. The number of rotatable bonds is 6. The Morgan fingerprint density at radius 3 is 2.72 bits per heavy atom. The molecule has 2 atom stereocenters. The third kappa shape index (κ3) is 4.79. The first-order valence-corrected chi connectivity index (χ1v) is 11.9. The van der Waals surface area contributed by atoms with E-state index in [1.807, 2.05) is 6.07 Å². The van der Waals surface area contributed by atoms with E-state index in [9.17, 15) is 4.79 Å². The van der Waals surface area contributed by atoms with Gasteiger partial charge in [-0.25, -0.2) is 4.79 Å². The lowest BCUT2D eigenvalue weighted by atomic mass is 9.79. The summed E-state index contributed by atoms with van der Waals surface area (Å²) < 4.78 is 5.66. The van der Waals surface area contributed by atoms with Crippen LogP contribution in [0.3, 0.4) is 0 Å². The summed E-state index contributed by atoms with van der Waals surface area (Å²) in [4.78, 5) is 16.3. The molecule has 1 saturated heterocycles. The maximum atomic E-state index is 12.0. The lowest BCUT2D eigenvalue weighted by molar-refractivity contribution is 0.170. The minimum atomic E-state index is -0.286. The molecular formula is C25H38N2O2. The summed E-state index contributed by atoms with van der Waals surface area (Å²) in [5.74, 6) is 2.39. The van der Waals surface area contributed by atoms with Crippen molar-refractivity contribution in [3.8, 4) is 5.75 Å². The van der Waals surface area contributed by atoms with E-state index in [1.54, 1.807) is 14.1 Å². The fourth-order valence-electron chi connectivity index (χ4n) is 5.94. The van der Waals surface area contributed by atoms with Gasteiger partial charge in [-0.15, -0.1) is 0 Å². The molecule has 4 rings (SSSR count). The van der Waals surface area contributed by atoms with E-state index in [0.29, 0.717) is 12.0 Å². The third-order valence-electron chi connectivity index (χ3n) is 7.51. The summed E-state index contributed by atoms with van der Waals surface area (Å²) in [7, 11) is 3.47. The van der Waals surface area contributed by atoms with Gasteiger partial charge in [0.2, 0.25) is 0 Å². The smallest absolute Gasteiger partial charge is 0.410 e. The largest absolute Gasteiger partial charge is 0.414 e. The van der Waals surface area contributed by atoms with Crippen molar-refractivity contribution in [2.75, 3.05) is 27.2 Å². The Bertz CT molecular complexity index is 696. The molecule has 2 fully saturated rings. The lowest BCUT2D eigenvalue weighted by Crippen LogP contribution is -2.36. The highest BCUT2D eigenvalue weighted by Gasteiger charge is 2.39. The zero-order chi connectivity index (χ0) is 20.2. The maximum Gasteiger partial charge on any atom is 0.414 e. The number of carbonyl (C=O) groups excluding carboxylic acids is 1. The zero-order valence-electron chi connectivity index (χ0n) is 18.4. The van der Waals surface area contributed by atoms with Gasteiger partial charge < -0.3 is 9.64 Å². The number of hydrogen-bond donors (Lipinski definition) is 0. The average Bonchev–Trinajstić information content (AvgIpc) is 3.15. The number of hydrogen-bond acceptors (Lipinski definition) is 3. The summed E-state index contributed by atoms with van der Waals surface area (Å²) >= 11 is 0. The first kappa shape index (κ1) is 20.7. The zero-order valence-corrected chi connectivity index (χ0v) is 18.4. The molecule has 3 aliphatic rings. The van der Waals surface area contributed by atoms with E-state index in [0.717, 1.165) is 18.1 Å². The number of ether oxygens (including phenoxy) is 1. The predicted molar refractivity (Wildman–Crippen MR) is 118 cm³/mol. The highest BCUT2D eigenvalue weighted by molar-refractivity contribution is 5.70. The number of likely N-dealkylation sites (tertiary alicyclic amines) is 1. The fourth-order valence-corrected chi connectivity index (χ4v) is 5.94. The number of carbonyl (C=O) groups is 1. The Hall–Kier alpha value is -1.55. The third-order valence-corrected chi connectivity index (χ3v) is 7.51. The van der Waals surface area contributed by atoms with Crippen LogP contribution in [0.25, 0.3) is 0 Å². The number of fused-ring (bicyclic) bond motifs is 3. The first-order valence-electron chi connectivity index (χ1n) is 11.9. The second-order valence-corrected chi connectivity index (χ2v) is 9.62. The Kier molecular flexibility index (Phi) is 6.79. The molecule has 4 heteroatoms. The van der Waals surface area contributed by atoms with Crippen LogP contribution in [-0.2, 0) is 6.42 Å². The summed E-state index contributed by atoms with van der Waals surface area (Å²) in [6.45, 7) is 2.48. The van der Waals surface area contributed by atoms with Crippen LogP contribution >= 0.6 is 0 Å². The molecule has 1 aliphatic heterocycles. The Morgan fingerprint density at radius 1 is 1.10 bits per heavy atom. The van der Waals surface area contributed by atoms with Crippen molar-refractivity contribution in [3.05, 3.63) is 29.3 Å². The van der Waals surface area contributed by atoms with Crippen LogP contribution in [0.4, 0.5) is 4.79 Å². The van der Waals surface area contributed by atoms with Crippen LogP contribution in [0, 0.1) is 5.92 Å². The van der Waals surface area contributed by atoms with Crippen LogP contribution < -0.4 is 4.74 Å². The van der Waals surface area contributed by atoms with Crippen LogP contribution in [0.15, 0.2) is 18.2 Å². The molecule has 0 aromatic heterocycles. The molecule has 2 aliphatic carbocycles. The normalized spacial score (nSPS) is 24.8. The fraction of sp³-hybridized carbons (Fsp3) is 0.720. The standard InChI is InChI=1S/C25H38N2O2/c1-26(2)25(28)29-24-13-8-12-20-21-16-18-27(23(21)15-14-22(20)24)17-7-6-11-19-9-4-3-5-10-19/h8,12-13,19,21,23H,3-7,9-11,14-18H2,1-2H3. The second-order valence-electron chi connectivity index (χ2n) is 9.62. The molecule has 4 nitrogen and oxygen atoms in total. The molecule has 1 amide bonds. The van der Waals surface area contributed by atoms with Gasteiger partial charge in [-0.05, 0) is 61.9 Å². The van der Waals surface area contributed by atoms with Gasteiger partial charge in [0, 0.05) is 26.1 Å². The van der Waals surface area contributed by atoms with E-state index >= 15 is 0 Å². The summed E-state index contributed by atoms with van der Waals surface area (Å²) in [5.41, 5.74) is 2.69. The first-order chi connectivity index (χ1) is 14.1. The molecule has 0 radical (unpaired) electrons. The second kappa shape index (κ2) is 9.51. The van der Waals surface area contributed by atoms with Crippen molar-refractivity contribution in [2.45, 2.75) is 82.6 Å². The number of nitrogens with zero attached hydrogens (tertiary/aromatic N) is 2. The van der Waals surface area contributed by atoms with Crippen LogP contribution in [-0.4, -0.2) is 49.1 Å². The van der Waals surface area contributed by atoms with Gasteiger partial charge in [0.25, 0.3) is 0 Å². The van der Waals surface area contributed by atoms with Crippen molar-refractivity contribution in [2.24, 2.45) is 5.92 Å². The molecule has 0 bridgehead atoms. The molecule has 2 unspecified atom stereocenters. The molecule has 160 valence electrons. The van der Waals surface area contributed by atoms with Gasteiger partial charge in [0.15, 0.2) is 0 Å². The predicted octanol–water partition coefficient (Wildman–Crippen LogP) is 5.60. The van der Waals surface area contributed by atoms with Gasteiger partial charge in [-0.2, -0.15) is 0 Å². The number of amides is 1. The van der Waals surface area contributed by atoms with Gasteiger partial charge >= 0.3 is 6.09 Å². The molecule has 0 spiro atoms. The van der Waals surface area contributed by atoms with Gasteiger partial charge in [0.1, 0.15) is 5.75 Å². The van der Waals surface area contributed by atoms with Gasteiger partial charge in [-0.1, -0.05) is 57.1 Å². The lowest BCUT2D eigenvalue weighted by Gasteiger charge is -2.34. The minimum Gasteiger partial charge on any atom is -0.410 e. The summed E-state index contributed by atoms with van der Waals surface area (Å²) in [6.07, 6.45) is 14.7. The van der Waals surface area contributed by atoms with Crippen LogP contribution in [0.2, 0.25) is 0 Å². The van der Waals surface area contributed by atoms with Crippen LogP contribution in [0.1, 0.15) is 81.3 Å². The molecule has 29 heavy (non-hydrogen) atoms. The van der Waals surface area contributed by atoms with Gasteiger partial charge in [-0.3, -0.25) is 4.90 Å². The number of benzene rings is 1. The van der Waals surface area contributed by atoms with Crippen LogP contribution in [0.5, 0.6) is 5.75 Å². The monoisotopic (exact) mass is 398 g/mol. The molecule has 0 N–H and O–H groups in total. The van der Waals surface area contributed by atoms with E-state index in [1.165, 1.54) is 93.3 Å². The summed E-state index contributed by atoms with van der Waals surface area (Å²) in [6, 6.07) is 6.97. The molecule has 1 saturated carbocycles. The molecule has 1 aromatic carbocycles. The van der Waals surface area contributed by atoms with Gasteiger partial charge in [0.05, 0.1) is 0 Å². The van der Waals surface area contributed by atoms with E-state index in [4.69, 9.17) is 4.74 Å². The highest BCUT2D eigenvalue weighted by atomic mass is 16.6. The Labute approximate surface area is 176 Å². The SMILES string of the molecule is CN(C)C(=O)Oc1cccc2c1CCC1C2CCN1CCCCC1CCCCC1. The maximum absolute atomic E-state index is 12.0. The Balaban J connectivity index is 1.32. The van der Waals surface area contributed by atoms with E-state index in [2.05, 4.69) is 17.0 Å². The highest BCUT2D eigenvalue weighted by Crippen LogP contribution is 2.44. The van der Waals surface area contributed by atoms with Crippen molar-refractivity contribution >= 4 is 6.09 Å². The van der Waals surface area contributed by atoms with Crippen molar-refractivity contribution in [1.82, 2.24) is 9.80 Å². The van der Waals surface area contributed by atoms with E-state index in [-0.39, 0.29) is 6.09 Å². The number of unbranched alkanes of at least 4 members (excludes halogenated alkanes) is 1. The van der Waals surface area contributed by atoms with Crippen molar-refractivity contribution in [1.29, 1.82) is 0 Å². The molecular weight excluding hydrogens is 360 g/mol. The summed E-state index contributed by atoms with van der Waals surface area (Å²) in [5, 5.41) is 0. The molecule has 1 aromatic rings. The quantitative estimate of drug-likeness (QED) is 0.585. The van der Waals surface area contributed by atoms with Crippen molar-refractivity contribution < 1.29 is 9.53 Å².